The molecule has 6 heteroatoms. The van der Waals surface area contributed by atoms with E-state index in [1.165, 1.54) is 19.2 Å². The van der Waals surface area contributed by atoms with Crippen molar-refractivity contribution in [1.29, 1.82) is 0 Å². The minimum atomic E-state index is -0.478. The number of carbonyl (C=O) groups excluding carboxylic acids is 1. The van der Waals surface area contributed by atoms with Gasteiger partial charge in [-0.05, 0) is 31.9 Å². The summed E-state index contributed by atoms with van der Waals surface area (Å²) in [5.41, 5.74) is 0.892. The zero-order chi connectivity index (χ0) is 15.4. The van der Waals surface area contributed by atoms with Crippen molar-refractivity contribution in [2.24, 2.45) is 0 Å². The average Bonchev–Trinajstić information content (AvgIpc) is 3.01. The Morgan fingerprint density at radius 1 is 1.43 bits per heavy atom. The maximum Gasteiger partial charge on any atom is 0.337 e. The molecular formula is C15H20N2O4. The quantitative estimate of drug-likeness (QED) is 0.473. The fourth-order valence-corrected chi connectivity index (χ4v) is 2.99. The Labute approximate surface area is 123 Å². The molecule has 2 rings (SSSR count). The first-order valence-electron chi connectivity index (χ1n) is 7.21. The van der Waals surface area contributed by atoms with E-state index in [9.17, 15) is 14.9 Å². The second-order valence-electron chi connectivity index (χ2n) is 5.18. The van der Waals surface area contributed by atoms with E-state index in [-0.39, 0.29) is 5.69 Å². The van der Waals surface area contributed by atoms with Crippen LogP contribution >= 0.6 is 0 Å². The molecule has 0 radical (unpaired) electrons. The number of hydrogen-bond acceptors (Lipinski definition) is 5. The number of anilines is 1. The Bertz CT molecular complexity index is 538. The fourth-order valence-electron chi connectivity index (χ4n) is 2.99. The van der Waals surface area contributed by atoms with E-state index in [1.807, 2.05) is 11.8 Å². The summed E-state index contributed by atoms with van der Waals surface area (Å²) in [7, 11) is 1.30. The first-order valence-corrected chi connectivity index (χ1v) is 7.21. The second-order valence-corrected chi connectivity index (χ2v) is 5.18. The normalized spacial score (nSPS) is 15.0. The van der Waals surface area contributed by atoms with Gasteiger partial charge in [-0.15, -0.1) is 0 Å². The van der Waals surface area contributed by atoms with Gasteiger partial charge in [0.2, 0.25) is 0 Å². The Morgan fingerprint density at radius 3 is 2.62 bits per heavy atom. The molecule has 0 atom stereocenters. The molecule has 1 aliphatic rings. The first-order chi connectivity index (χ1) is 10.1. The van der Waals surface area contributed by atoms with Gasteiger partial charge in [0.1, 0.15) is 5.69 Å². The molecule has 1 fully saturated rings. The van der Waals surface area contributed by atoms with Crippen LogP contribution in [0.1, 0.15) is 43.0 Å². The second kappa shape index (κ2) is 6.56. The van der Waals surface area contributed by atoms with Crippen molar-refractivity contribution < 1.29 is 14.5 Å². The smallest absolute Gasteiger partial charge is 0.337 e. The van der Waals surface area contributed by atoms with Crippen LogP contribution in [-0.4, -0.2) is 30.6 Å². The number of hydrogen-bond donors (Lipinski definition) is 0. The summed E-state index contributed by atoms with van der Waals surface area (Å²) in [6.07, 6.45) is 4.36. The number of methoxy groups -OCH3 is 1. The van der Waals surface area contributed by atoms with Crippen molar-refractivity contribution in [2.75, 3.05) is 18.6 Å². The van der Waals surface area contributed by atoms with Gasteiger partial charge in [0.15, 0.2) is 0 Å². The first kappa shape index (κ1) is 15.3. The molecule has 0 N–H and O–H groups in total. The third kappa shape index (κ3) is 3.15. The summed E-state index contributed by atoms with van der Waals surface area (Å²) in [6, 6.07) is 4.71. The van der Waals surface area contributed by atoms with Crippen LogP contribution in [0.4, 0.5) is 11.4 Å². The average molecular weight is 292 g/mol. The summed E-state index contributed by atoms with van der Waals surface area (Å²) in [6.45, 7) is 2.66. The highest BCUT2D eigenvalue weighted by molar-refractivity contribution is 5.91. The lowest BCUT2D eigenvalue weighted by molar-refractivity contribution is -0.384. The lowest BCUT2D eigenvalue weighted by Gasteiger charge is -2.29. The van der Waals surface area contributed by atoms with Gasteiger partial charge in [-0.3, -0.25) is 10.1 Å². The summed E-state index contributed by atoms with van der Waals surface area (Å²) in [4.78, 5) is 24.6. The van der Waals surface area contributed by atoms with Crippen molar-refractivity contribution in [2.45, 2.75) is 38.6 Å². The lowest BCUT2D eigenvalue weighted by atomic mass is 10.1. The third-order valence-electron chi connectivity index (χ3n) is 4.01. The van der Waals surface area contributed by atoms with Gasteiger partial charge in [0.25, 0.3) is 5.69 Å². The molecule has 0 unspecified atom stereocenters. The zero-order valence-electron chi connectivity index (χ0n) is 12.4. The van der Waals surface area contributed by atoms with Crippen molar-refractivity contribution in [3.8, 4) is 0 Å². The van der Waals surface area contributed by atoms with Crippen molar-refractivity contribution in [3.63, 3.8) is 0 Å². The molecule has 0 spiro atoms. The lowest BCUT2D eigenvalue weighted by Crippen LogP contribution is -2.33. The van der Waals surface area contributed by atoms with E-state index in [0.29, 0.717) is 23.8 Å². The fraction of sp³-hybridized carbons (Fsp3) is 0.533. The molecule has 0 amide bonds. The summed E-state index contributed by atoms with van der Waals surface area (Å²) in [5.74, 6) is -0.478. The van der Waals surface area contributed by atoms with Crippen molar-refractivity contribution >= 4 is 17.3 Å². The molecule has 114 valence electrons. The number of nitro groups is 1. The highest BCUT2D eigenvalue weighted by Gasteiger charge is 2.28. The molecule has 1 aliphatic carbocycles. The highest BCUT2D eigenvalue weighted by Crippen LogP contribution is 2.35. The van der Waals surface area contributed by atoms with E-state index in [2.05, 4.69) is 0 Å². The van der Waals surface area contributed by atoms with E-state index >= 15 is 0 Å². The van der Waals surface area contributed by atoms with Crippen LogP contribution < -0.4 is 4.90 Å². The summed E-state index contributed by atoms with van der Waals surface area (Å²) in [5, 5.41) is 11.3. The molecule has 0 aromatic heterocycles. The Morgan fingerprint density at radius 2 is 2.10 bits per heavy atom. The van der Waals surface area contributed by atoms with Crippen LogP contribution in [0.25, 0.3) is 0 Å². The molecule has 1 saturated carbocycles. The number of esters is 1. The number of benzene rings is 1. The number of carbonyl (C=O) groups is 1. The molecule has 6 nitrogen and oxygen atoms in total. The summed E-state index contributed by atoms with van der Waals surface area (Å²) >= 11 is 0. The topological polar surface area (TPSA) is 72.7 Å². The monoisotopic (exact) mass is 292 g/mol. The van der Waals surface area contributed by atoms with Crippen LogP contribution in [0, 0.1) is 10.1 Å². The van der Waals surface area contributed by atoms with E-state index in [1.54, 1.807) is 6.07 Å². The van der Waals surface area contributed by atoms with Crippen LogP contribution in [0.5, 0.6) is 0 Å². The number of nitrogens with zero attached hydrogens (tertiary/aromatic N) is 2. The minimum absolute atomic E-state index is 0.0383. The van der Waals surface area contributed by atoms with Gasteiger partial charge in [0, 0.05) is 18.7 Å². The molecule has 0 saturated heterocycles. The van der Waals surface area contributed by atoms with Crippen molar-refractivity contribution in [3.05, 3.63) is 33.9 Å². The van der Waals surface area contributed by atoms with Gasteiger partial charge in [-0.1, -0.05) is 12.8 Å². The van der Waals surface area contributed by atoms with E-state index in [0.717, 1.165) is 25.7 Å². The Hall–Kier alpha value is -2.11. The number of rotatable bonds is 5. The van der Waals surface area contributed by atoms with Crippen LogP contribution in [0.2, 0.25) is 0 Å². The van der Waals surface area contributed by atoms with E-state index < -0.39 is 10.9 Å². The van der Waals surface area contributed by atoms with Gasteiger partial charge < -0.3 is 9.64 Å². The largest absolute Gasteiger partial charge is 0.465 e. The van der Waals surface area contributed by atoms with Gasteiger partial charge in [-0.25, -0.2) is 4.79 Å². The third-order valence-corrected chi connectivity index (χ3v) is 4.01. The molecule has 1 aromatic rings. The highest BCUT2D eigenvalue weighted by atomic mass is 16.6. The molecule has 0 bridgehead atoms. The van der Waals surface area contributed by atoms with Crippen LogP contribution in [-0.2, 0) is 4.74 Å². The molecule has 21 heavy (non-hydrogen) atoms. The predicted octanol–water partition coefficient (Wildman–Crippen LogP) is 3.15. The predicted molar refractivity (Wildman–Crippen MR) is 79.7 cm³/mol. The number of ether oxygens (including phenoxy) is 1. The van der Waals surface area contributed by atoms with Crippen molar-refractivity contribution in [1.82, 2.24) is 0 Å². The van der Waals surface area contributed by atoms with Crippen LogP contribution in [0.15, 0.2) is 18.2 Å². The van der Waals surface area contributed by atoms with Crippen LogP contribution in [0.3, 0.4) is 0 Å². The molecule has 0 aliphatic heterocycles. The van der Waals surface area contributed by atoms with Gasteiger partial charge in [-0.2, -0.15) is 0 Å². The molecular weight excluding hydrogens is 272 g/mol. The maximum atomic E-state index is 11.7. The maximum absolute atomic E-state index is 11.7. The molecule has 1 aromatic carbocycles. The van der Waals surface area contributed by atoms with Gasteiger partial charge in [0.05, 0.1) is 17.6 Å². The Balaban J connectivity index is 2.45. The zero-order valence-corrected chi connectivity index (χ0v) is 12.4. The minimum Gasteiger partial charge on any atom is -0.465 e. The number of nitro benzene ring substituents is 1. The molecule has 0 heterocycles. The van der Waals surface area contributed by atoms with E-state index in [4.69, 9.17) is 4.74 Å². The standard InChI is InChI=1S/C15H20N2O4/c1-3-16(12-6-4-5-7-12)14-10-11(15(18)21-2)8-9-13(14)17(19)20/h8-10,12H,3-7H2,1-2H3. The Kier molecular flexibility index (Phi) is 4.77. The summed E-state index contributed by atoms with van der Waals surface area (Å²) < 4.78 is 4.70. The SMILES string of the molecule is CCN(c1cc(C(=O)OC)ccc1[N+](=O)[O-])C1CCCC1. The van der Waals surface area contributed by atoms with Gasteiger partial charge >= 0.3 is 5.97 Å².